The molecule has 0 aliphatic heterocycles. The van der Waals surface area contributed by atoms with Crippen LogP contribution >= 0.6 is 0 Å². The van der Waals surface area contributed by atoms with Crippen molar-refractivity contribution >= 4 is 0 Å². The molecule has 0 bridgehead atoms. The maximum Gasteiger partial charge on any atom is 0.0740 e. The molecule has 1 atom stereocenters. The predicted molar refractivity (Wildman–Crippen MR) is 69.4 cm³/mol. The lowest BCUT2D eigenvalue weighted by molar-refractivity contribution is 0.563. The summed E-state index contributed by atoms with van der Waals surface area (Å²) in [6.45, 7) is 10.0. The fraction of sp³-hybridized carbons (Fsp3) is 0.357. The topological polar surface area (TPSA) is 17.8 Å². The van der Waals surface area contributed by atoms with Gasteiger partial charge in [0.1, 0.15) is 0 Å². The second kappa shape index (κ2) is 6.11. The Morgan fingerprint density at radius 1 is 1.62 bits per heavy atom. The van der Waals surface area contributed by atoms with Crippen LogP contribution in [-0.4, -0.2) is 9.78 Å². The third-order valence-electron chi connectivity index (χ3n) is 2.61. The molecular formula is C14H20N2. The maximum atomic E-state index is 4.38. The number of rotatable bonds is 5. The highest BCUT2D eigenvalue weighted by Crippen LogP contribution is 2.18. The standard InChI is InChI=1S/C14H20N2/c1-5-8-14(9-6-2)12(4)16-11-13(7-3)10-15-16/h5-6,8-12H,1,7H2,2-4H3/b9-6-,14-8+. The van der Waals surface area contributed by atoms with E-state index in [0.717, 1.165) is 6.42 Å². The Morgan fingerprint density at radius 3 is 2.88 bits per heavy atom. The molecule has 1 unspecified atom stereocenters. The maximum absolute atomic E-state index is 4.38. The average molecular weight is 216 g/mol. The zero-order valence-corrected chi connectivity index (χ0v) is 10.4. The van der Waals surface area contributed by atoms with E-state index in [1.165, 1.54) is 11.1 Å². The molecule has 16 heavy (non-hydrogen) atoms. The second-order valence-electron chi connectivity index (χ2n) is 3.76. The van der Waals surface area contributed by atoms with Crippen LogP contribution in [0.5, 0.6) is 0 Å². The lowest BCUT2D eigenvalue weighted by Gasteiger charge is -2.13. The van der Waals surface area contributed by atoms with Crippen molar-refractivity contribution in [3.05, 3.63) is 54.4 Å². The number of hydrogen-bond donors (Lipinski definition) is 0. The molecular weight excluding hydrogens is 196 g/mol. The van der Waals surface area contributed by atoms with Crippen molar-refractivity contribution in [2.24, 2.45) is 0 Å². The molecule has 86 valence electrons. The summed E-state index contributed by atoms with van der Waals surface area (Å²) in [5.41, 5.74) is 2.48. The first kappa shape index (κ1) is 12.5. The monoisotopic (exact) mass is 216 g/mol. The van der Waals surface area contributed by atoms with E-state index < -0.39 is 0 Å². The summed E-state index contributed by atoms with van der Waals surface area (Å²) >= 11 is 0. The van der Waals surface area contributed by atoms with Crippen LogP contribution in [0.15, 0.2) is 48.8 Å². The molecule has 2 nitrogen and oxygen atoms in total. The first-order valence-electron chi connectivity index (χ1n) is 5.71. The minimum atomic E-state index is 0.245. The summed E-state index contributed by atoms with van der Waals surface area (Å²) in [7, 11) is 0. The largest absolute Gasteiger partial charge is 0.265 e. The van der Waals surface area contributed by atoms with Gasteiger partial charge in [0.25, 0.3) is 0 Å². The zero-order chi connectivity index (χ0) is 12.0. The molecule has 0 amide bonds. The predicted octanol–water partition coefficient (Wildman–Crippen LogP) is 3.70. The Labute approximate surface area is 98.0 Å². The van der Waals surface area contributed by atoms with Crippen molar-refractivity contribution < 1.29 is 0 Å². The summed E-state index contributed by atoms with van der Waals surface area (Å²) in [6, 6.07) is 0.245. The molecule has 2 heteroatoms. The summed E-state index contributed by atoms with van der Waals surface area (Å²) in [5, 5.41) is 4.38. The van der Waals surface area contributed by atoms with E-state index in [1.54, 1.807) is 0 Å². The van der Waals surface area contributed by atoms with Gasteiger partial charge in [0.05, 0.1) is 12.2 Å². The van der Waals surface area contributed by atoms with E-state index in [0.29, 0.717) is 0 Å². The highest BCUT2D eigenvalue weighted by molar-refractivity contribution is 5.26. The van der Waals surface area contributed by atoms with Crippen molar-refractivity contribution in [2.75, 3.05) is 0 Å². The normalized spacial score (nSPS) is 14.3. The number of nitrogens with zero attached hydrogens (tertiary/aromatic N) is 2. The van der Waals surface area contributed by atoms with Crippen molar-refractivity contribution in [1.29, 1.82) is 0 Å². The molecule has 0 N–H and O–H groups in total. The molecule has 1 aromatic heterocycles. The third kappa shape index (κ3) is 2.96. The number of aromatic nitrogens is 2. The molecule has 0 aliphatic rings. The van der Waals surface area contributed by atoms with Gasteiger partial charge in [0.15, 0.2) is 0 Å². The van der Waals surface area contributed by atoms with Gasteiger partial charge < -0.3 is 0 Å². The Hall–Kier alpha value is -1.57. The molecule has 1 rings (SSSR count). The van der Waals surface area contributed by atoms with Crippen molar-refractivity contribution in [3.63, 3.8) is 0 Å². The summed E-state index contributed by atoms with van der Waals surface area (Å²) in [6.07, 6.45) is 13.0. The van der Waals surface area contributed by atoms with Gasteiger partial charge in [-0.15, -0.1) is 0 Å². The van der Waals surface area contributed by atoms with Gasteiger partial charge in [-0.1, -0.05) is 37.8 Å². The molecule has 0 aliphatic carbocycles. The van der Waals surface area contributed by atoms with Crippen LogP contribution in [0.2, 0.25) is 0 Å². The van der Waals surface area contributed by atoms with Crippen LogP contribution < -0.4 is 0 Å². The fourth-order valence-electron chi connectivity index (χ4n) is 1.59. The average Bonchev–Trinajstić information content (AvgIpc) is 2.76. The number of allylic oxidation sites excluding steroid dienone is 5. The Kier molecular flexibility index (Phi) is 4.77. The Morgan fingerprint density at radius 2 is 2.38 bits per heavy atom. The highest BCUT2D eigenvalue weighted by Gasteiger charge is 2.08. The second-order valence-corrected chi connectivity index (χ2v) is 3.76. The quantitative estimate of drug-likeness (QED) is 0.686. The SMILES string of the molecule is C=C/C=C(\C=C/C)C(C)n1cc(CC)cn1. The molecule has 0 radical (unpaired) electrons. The Bertz CT molecular complexity index is 397. The van der Waals surface area contributed by atoms with Gasteiger partial charge in [-0.2, -0.15) is 5.10 Å². The van der Waals surface area contributed by atoms with Crippen LogP contribution in [0.1, 0.15) is 32.4 Å². The molecule has 1 aromatic rings. The zero-order valence-electron chi connectivity index (χ0n) is 10.4. The van der Waals surface area contributed by atoms with Gasteiger partial charge in [-0.25, -0.2) is 0 Å². The fourth-order valence-corrected chi connectivity index (χ4v) is 1.59. The smallest absolute Gasteiger partial charge is 0.0740 e. The first-order chi connectivity index (χ1) is 7.72. The number of aryl methyl sites for hydroxylation is 1. The van der Waals surface area contributed by atoms with E-state index in [-0.39, 0.29) is 6.04 Å². The van der Waals surface area contributed by atoms with Gasteiger partial charge in [0.2, 0.25) is 0 Å². The van der Waals surface area contributed by atoms with Gasteiger partial charge in [0, 0.05) is 6.20 Å². The van der Waals surface area contributed by atoms with Gasteiger partial charge in [-0.05, 0) is 31.4 Å². The molecule has 0 aromatic carbocycles. The lowest BCUT2D eigenvalue weighted by Crippen LogP contribution is -2.07. The van der Waals surface area contributed by atoms with Crippen molar-refractivity contribution in [3.8, 4) is 0 Å². The van der Waals surface area contributed by atoms with Gasteiger partial charge in [-0.3, -0.25) is 4.68 Å². The first-order valence-corrected chi connectivity index (χ1v) is 5.71. The van der Waals surface area contributed by atoms with Crippen LogP contribution in [0, 0.1) is 0 Å². The highest BCUT2D eigenvalue weighted by atomic mass is 15.3. The number of hydrogen-bond acceptors (Lipinski definition) is 1. The Balaban J connectivity index is 2.93. The summed E-state index contributed by atoms with van der Waals surface area (Å²) in [5.74, 6) is 0. The van der Waals surface area contributed by atoms with Crippen LogP contribution in [0.4, 0.5) is 0 Å². The van der Waals surface area contributed by atoms with E-state index in [9.17, 15) is 0 Å². The van der Waals surface area contributed by atoms with E-state index in [2.05, 4.69) is 37.8 Å². The molecule has 0 saturated heterocycles. The minimum Gasteiger partial charge on any atom is -0.265 e. The minimum absolute atomic E-state index is 0.245. The van der Waals surface area contributed by atoms with E-state index >= 15 is 0 Å². The molecule has 1 heterocycles. The van der Waals surface area contributed by atoms with E-state index in [1.807, 2.05) is 36.0 Å². The lowest BCUT2D eigenvalue weighted by atomic mass is 10.1. The summed E-state index contributed by atoms with van der Waals surface area (Å²) in [4.78, 5) is 0. The van der Waals surface area contributed by atoms with Crippen LogP contribution in [-0.2, 0) is 6.42 Å². The molecule has 0 saturated carbocycles. The molecule has 0 fully saturated rings. The van der Waals surface area contributed by atoms with Crippen LogP contribution in [0.25, 0.3) is 0 Å². The van der Waals surface area contributed by atoms with Crippen molar-refractivity contribution in [1.82, 2.24) is 9.78 Å². The third-order valence-corrected chi connectivity index (χ3v) is 2.61. The van der Waals surface area contributed by atoms with Crippen molar-refractivity contribution in [2.45, 2.75) is 33.2 Å². The summed E-state index contributed by atoms with van der Waals surface area (Å²) < 4.78 is 1.99. The van der Waals surface area contributed by atoms with E-state index in [4.69, 9.17) is 0 Å². The molecule has 0 spiro atoms. The van der Waals surface area contributed by atoms with Gasteiger partial charge >= 0.3 is 0 Å². The van der Waals surface area contributed by atoms with Crippen LogP contribution in [0.3, 0.4) is 0 Å².